The summed E-state index contributed by atoms with van der Waals surface area (Å²) in [5, 5.41) is 0. The van der Waals surface area contributed by atoms with E-state index in [1.165, 1.54) is 0 Å². The lowest BCUT2D eigenvalue weighted by Crippen LogP contribution is -2.47. The number of carbonyl (C=O) groups excluding carboxylic acids is 1. The first-order valence-electron chi connectivity index (χ1n) is 5.46. The van der Waals surface area contributed by atoms with Crippen molar-refractivity contribution >= 4 is 5.91 Å². The average Bonchev–Trinajstić information content (AvgIpc) is 1.99. The highest BCUT2D eigenvalue weighted by molar-refractivity contribution is 5.78. The first-order valence-corrected chi connectivity index (χ1v) is 5.46. The molecule has 84 valence electrons. The standard InChI is InChI=1S/C12H25NO/c1-9(2)8-12(5,6)13(7)11(14)10(3)4/h9-10H,8H2,1-7H3. The van der Waals surface area contributed by atoms with Crippen LogP contribution in [0.15, 0.2) is 0 Å². The Morgan fingerprint density at radius 2 is 1.64 bits per heavy atom. The summed E-state index contributed by atoms with van der Waals surface area (Å²) in [4.78, 5) is 13.7. The molecule has 0 rings (SSSR count). The van der Waals surface area contributed by atoms with Crippen LogP contribution in [0.4, 0.5) is 0 Å². The summed E-state index contributed by atoms with van der Waals surface area (Å²) in [6, 6.07) is 0. The second-order valence-corrected chi connectivity index (χ2v) is 5.46. The van der Waals surface area contributed by atoms with Gasteiger partial charge in [0, 0.05) is 18.5 Å². The molecule has 0 heterocycles. The van der Waals surface area contributed by atoms with E-state index in [-0.39, 0.29) is 17.4 Å². The van der Waals surface area contributed by atoms with Gasteiger partial charge in [0.15, 0.2) is 0 Å². The molecule has 0 aliphatic carbocycles. The molecule has 2 heteroatoms. The van der Waals surface area contributed by atoms with Gasteiger partial charge in [0.05, 0.1) is 0 Å². The summed E-state index contributed by atoms with van der Waals surface area (Å²) < 4.78 is 0. The minimum atomic E-state index is -0.0322. The van der Waals surface area contributed by atoms with Gasteiger partial charge in [0.25, 0.3) is 0 Å². The third-order valence-corrected chi connectivity index (χ3v) is 2.64. The minimum Gasteiger partial charge on any atom is -0.340 e. The van der Waals surface area contributed by atoms with Crippen molar-refractivity contribution in [3.63, 3.8) is 0 Å². The van der Waals surface area contributed by atoms with Crippen LogP contribution >= 0.6 is 0 Å². The molecule has 0 N–H and O–H groups in total. The number of hydrogen-bond acceptors (Lipinski definition) is 1. The fourth-order valence-electron chi connectivity index (χ4n) is 1.82. The highest BCUT2D eigenvalue weighted by Gasteiger charge is 2.29. The summed E-state index contributed by atoms with van der Waals surface area (Å²) in [5.41, 5.74) is -0.0322. The third kappa shape index (κ3) is 3.69. The van der Waals surface area contributed by atoms with E-state index in [0.29, 0.717) is 5.92 Å². The maximum Gasteiger partial charge on any atom is 0.225 e. The molecular formula is C12H25NO. The summed E-state index contributed by atoms with van der Waals surface area (Å²) >= 11 is 0. The van der Waals surface area contributed by atoms with Crippen LogP contribution in [-0.4, -0.2) is 23.4 Å². The maximum atomic E-state index is 11.8. The van der Waals surface area contributed by atoms with Crippen molar-refractivity contribution in [1.29, 1.82) is 0 Å². The SMILES string of the molecule is CC(C)CC(C)(C)N(C)C(=O)C(C)C. The molecule has 14 heavy (non-hydrogen) atoms. The molecule has 0 spiro atoms. The van der Waals surface area contributed by atoms with Crippen LogP contribution in [-0.2, 0) is 4.79 Å². The van der Waals surface area contributed by atoms with Crippen LogP contribution in [0, 0.1) is 11.8 Å². The maximum absolute atomic E-state index is 11.8. The highest BCUT2D eigenvalue weighted by Crippen LogP contribution is 2.23. The van der Waals surface area contributed by atoms with Crippen molar-refractivity contribution in [3.8, 4) is 0 Å². The first-order chi connectivity index (χ1) is 6.18. The van der Waals surface area contributed by atoms with Gasteiger partial charge < -0.3 is 4.90 Å². The van der Waals surface area contributed by atoms with Crippen LogP contribution in [0.5, 0.6) is 0 Å². The molecule has 0 aromatic heterocycles. The van der Waals surface area contributed by atoms with E-state index in [0.717, 1.165) is 6.42 Å². The molecule has 0 saturated heterocycles. The largest absolute Gasteiger partial charge is 0.340 e. The molecule has 2 nitrogen and oxygen atoms in total. The van der Waals surface area contributed by atoms with Gasteiger partial charge >= 0.3 is 0 Å². The Morgan fingerprint density at radius 1 is 1.21 bits per heavy atom. The van der Waals surface area contributed by atoms with Crippen LogP contribution in [0.25, 0.3) is 0 Å². The molecule has 0 bridgehead atoms. The number of hydrogen-bond donors (Lipinski definition) is 0. The van der Waals surface area contributed by atoms with Crippen LogP contribution in [0.3, 0.4) is 0 Å². The molecule has 0 radical (unpaired) electrons. The molecule has 0 aliphatic rings. The summed E-state index contributed by atoms with van der Waals surface area (Å²) in [6.07, 6.45) is 1.04. The Morgan fingerprint density at radius 3 is 1.93 bits per heavy atom. The van der Waals surface area contributed by atoms with Gasteiger partial charge in [0.2, 0.25) is 5.91 Å². The van der Waals surface area contributed by atoms with E-state index in [1.807, 2.05) is 25.8 Å². The van der Waals surface area contributed by atoms with Crippen molar-refractivity contribution in [2.45, 2.75) is 53.5 Å². The second kappa shape index (κ2) is 4.81. The molecule has 1 amide bonds. The Hall–Kier alpha value is -0.530. The molecule has 0 aliphatic heterocycles. The van der Waals surface area contributed by atoms with Crippen LogP contribution < -0.4 is 0 Å². The molecule has 0 unspecified atom stereocenters. The lowest BCUT2D eigenvalue weighted by molar-refractivity contribution is -0.138. The van der Waals surface area contributed by atoms with Crippen molar-refractivity contribution in [3.05, 3.63) is 0 Å². The van der Waals surface area contributed by atoms with Crippen molar-refractivity contribution in [1.82, 2.24) is 4.90 Å². The highest BCUT2D eigenvalue weighted by atomic mass is 16.2. The Bertz CT molecular complexity index is 194. The minimum absolute atomic E-state index is 0.0322. The molecular weight excluding hydrogens is 174 g/mol. The monoisotopic (exact) mass is 199 g/mol. The van der Waals surface area contributed by atoms with Crippen LogP contribution in [0.1, 0.15) is 48.0 Å². The van der Waals surface area contributed by atoms with Crippen LogP contribution in [0.2, 0.25) is 0 Å². The number of amides is 1. The van der Waals surface area contributed by atoms with E-state index in [2.05, 4.69) is 27.7 Å². The van der Waals surface area contributed by atoms with Gasteiger partial charge in [0.1, 0.15) is 0 Å². The molecule has 0 fully saturated rings. The van der Waals surface area contributed by atoms with Gasteiger partial charge in [-0.3, -0.25) is 4.79 Å². The Balaban J connectivity index is 4.49. The molecule has 0 saturated carbocycles. The smallest absolute Gasteiger partial charge is 0.225 e. The van der Waals surface area contributed by atoms with Gasteiger partial charge in [-0.2, -0.15) is 0 Å². The average molecular weight is 199 g/mol. The molecule has 0 aromatic carbocycles. The Labute approximate surface area is 88.7 Å². The normalized spacial score (nSPS) is 12.4. The zero-order valence-electron chi connectivity index (χ0n) is 10.7. The van der Waals surface area contributed by atoms with Crippen molar-refractivity contribution in [2.75, 3.05) is 7.05 Å². The lowest BCUT2D eigenvalue weighted by Gasteiger charge is -2.38. The van der Waals surface area contributed by atoms with Crippen molar-refractivity contribution < 1.29 is 4.79 Å². The summed E-state index contributed by atoms with van der Waals surface area (Å²) in [5.74, 6) is 0.939. The summed E-state index contributed by atoms with van der Waals surface area (Å²) in [6.45, 7) is 12.5. The lowest BCUT2D eigenvalue weighted by atomic mass is 9.90. The first kappa shape index (κ1) is 13.5. The fourth-order valence-corrected chi connectivity index (χ4v) is 1.82. The third-order valence-electron chi connectivity index (χ3n) is 2.64. The van der Waals surface area contributed by atoms with Gasteiger partial charge in [-0.1, -0.05) is 27.7 Å². The Kier molecular flexibility index (Phi) is 4.63. The van der Waals surface area contributed by atoms with Gasteiger partial charge in [-0.25, -0.2) is 0 Å². The number of carbonyl (C=O) groups is 1. The van der Waals surface area contributed by atoms with Gasteiger partial charge in [-0.15, -0.1) is 0 Å². The number of nitrogens with zero attached hydrogens (tertiary/aromatic N) is 1. The predicted octanol–water partition coefficient (Wildman–Crippen LogP) is 2.93. The van der Waals surface area contributed by atoms with Gasteiger partial charge in [-0.05, 0) is 26.2 Å². The van der Waals surface area contributed by atoms with E-state index >= 15 is 0 Å². The summed E-state index contributed by atoms with van der Waals surface area (Å²) in [7, 11) is 1.91. The van der Waals surface area contributed by atoms with E-state index in [9.17, 15) is 4.79 Å². The van der Waals surface area contributed by atoms with E-state index in [4.69, 9.17) is 0 Å². The molecule has 0 aromatic rings. The fraction of sp³-hybridized carbons (Fsp3) is 0.917. The van der Waals surface area contributed by atoms with Crippen molar-refractivity contribution in [2.24, 2.45) is 11.8 Å². The van der Waals surface area contributed by atoms with E-state index in [1.54, 1.807) is 0 Å². The second-order valence-electron chi connectivity index (χ2n) is 5.46. The topological polar surface area (TPSA) is 20.3 Å². The zero-order chi connectivity index (χ0) is 11.5. The zero-order valence-corrected chi connectivity index (χ0v) is 10.7. The quantitative estimate of drug-likeness (QED) is 0.681. The number of rotatable bonds is 4. The van der Waals surface area contributed by atoms with E-state index < -0.39 is 0 Å². The molecule has 0 atom stereocenters. The predicted molar refractivity (Wildman–Crippen MR) is 61.1 cm³/mol.